The van der Waals surface area contributed by atoms with E-state index in [4.69, 9.17) is 10.7 Å². The Morgan fingerprint density at radius 3 is 2.80 bits per heavy atom. The molecule has 0 bridgehead atoms. The number of fused-ring (bicyclic) bond motifs is 2. The maximum atomic E-state index is 6.06. The number of aromatic amines is 1. The molecule has 0 spiro atoms. The molecule has 5 rings (SSSR count). The van der Waals surface area contributed by atoms with Crippen molar-refractivity contribution in [2.75, 3.05) is 18.0 Å². The lowest BCUT2D eigenvalue weighted by molar-refractivity contribution is 0.520. The number of hydrogen-bond acceptors (Lipinski definition) is 6. The summed E-state index contributed by atoms with van der Waals surface area (Å²) in [6, 6.07) is 4.69. The molecule has 9 heteroatoms. The van der Waals surface area contributed by atoms with Crippen LogP contribution in [0, 0.1) is 0 Å². The van der Waals surface area contributed by atoms with Crippen molar-refractivity contribution in [3.05, 3.63) is 39.8 Å². The summed E-state index contributed by atoms with van der Waals surface area (Å²) in [5.74, 6) is 0. The van der Waals surface area contributed by atoms with Crippen LogP contribution in [-0.2, 0) is 12.8 Å². The normalized spacial score (nSPS) is 14.9. The van der Waals surface area contributed by atoms with Crippen molar-refractivity contribution < 1.29 is 0 Å². The summed E-state index contributed by atoms with van der Waals surface area (Å²) in [6.07, 6.45) is 3.49. The van der Waals surface area contributed by atoms with Gasteiger partial charge in [0.25, 0.3) is 0 Å². The summed E-state index contributed by atoms with van der Waals surface area (Å²) >= 11 is 3.78. The molecule has 0 unspecified atom stereocenters. The molecule has 4 aromatic heterocycles. The monoisotopic (exact) mass is 468 g/mol. The fourth-order valence-electron chi connectivity index (χ4n) is 4.06. The maximum Gasteiger partial charge on any atom is 0.178 e. The van der Waals surface area contributed by atoms with Gasteiger partial charge in [0.05, 0.1) is 17.1 Å². The minimum Gasteiger partial charge on any atom is -0.368 e. The summed E-state index contributed by atoms with van der Waals surface area (Å²) in [5.41, 5.74) is 13.0. The van der Waals surface area contributed by atoms with Crippen LogP contribution in [-0.4, -0.2) is 49.1 Å². The highest BCUT2D eigenvalue weighted by Gasteiger charge is 2.27. The molecule has 0 aromatic carbocycles. The molecule has 0 saturated carbocycles. The van der Waals surface area contributed by atoms with Gasteiger partial charge in [0.15, 0.2) is 5.65 Å². The van der Waals surface area contributed by atoms with Gasteiger partial charge in [-0.25, -0.2) is 14.6 Å². The zero-order valence-electron chi connectivity index (χ0n) is 17.4. The van der Waals surface area contributed by atoms with Crippen molar-refractivity contribution in [1.29, 1.82) is 0 Å². The van der Waals surface area contributed by atoms with Crippen molar-refractivity contribution in [3.63, 3.8) is 0 Å². The van der Waals surface area contributed by atoms with E-state index in [9.17, 15) is 0 Å². The van der Waals surface area contributed by atoms with E-state index < -0.39 is 0 Å². The average Bonchev–Trinajstić information content (AvgIpc) is 3.25. The molecule has 4 aromatic rings. The third-order valence-electron chi connectivity index (χ3n) is 5.65. The standard InChI is InChI=1S/C21H25BrN8/c1-4-15-19(22)18-17(29-9-13(23)10-29)7-14(25-20(18)26-15)5-12-6-16-21(24-8-12)30(11(2)3)28-27-16/h6-8,11,13H,4-5,9-10,23H2,1-3H3,(H,25,26). The Hall–Kier alpha value is -2.52. The largest absolute Gasteiger partial charge is 0.368 e. The SMILES string of the molecule is CCc1[nH]c2nc(Cc3cnc4c(c3)nnn4C(C)C)cc(N3CC(N)C3)c2c1Br. The molecule has 5 heterocycles. The van der Waals surface area contributed by atoms with E-state index >= 15 is 0 Å². The van der Waals surface area contributed by atoms with E-state index in [0.29, 0.717) is 6.42 Å². The number of aromatic nitrogens is 6. The second kappa shape index (κ2) is 7.31. The Bertz CT molecular complexity index is 1230. The third-order valence-corrected chi connectivity index (χ3v) is 6.53. The fraction of sp³-hybridized carbons (Fsp3) is 0.429. The Balaban J connectivity index is 1.55. The van der Waals surface area contributed by atoms with Gasteiger partial charge in [0.1, 0.15) is 11.2 Å². The molecule has 156 valence electrons. The molecule has 0 amide bonds. The predicted molar refractivity (Wildman–Crippen MR) is 122 cm³/mol. The molecule has 1 aliphatic rings. The lowest BCUT2D eigenvalue weighted by atomic mass is 10.1. The summed E-state index contributed by atoms with van der Waals surface area (Å²) in [7, 11) is 0. The summed E-state index contributed by atoms with van der Waals surface area (Å²) in [5, 5.41) is 9.65. The van der Waals surface area contributed by atoms with Gasteiger partial charge in [-0.1, -0.05) is 12.1 Å². The van der Waals surface area contributed by atoms with E-state index in [-0.39, 0.29) is 12.1 Å². The van der Waals surface area contributed by atoms with E-state index in [1.807, 2.05) is 10.9 Å². The number of nitrogens with zero attached hydrogens (tertiary/aromatic N) is 6. The molecular weight excluding hydrogens is 444 g/mol. The van der Waals surface area contributed by atoms with Crippen molar-refractivity contribution >= 4 is 43.8 Å². The number of pyridine rings is 2. The second-order valence-electron chi connectivity index (χ2n) is 8.28. The number of halogens is 1. The topological polar surface area (TPSA) is 102 Å². The van der Waals surface area contributed by atoms with Crippen LogP contribution in [0.1, 0.15) is 43.8 Å². The quantitative estimate of drug-likeness (QED) is 0.465. The number of rotatable bonds is 5. The smallest absolute Gasteiger partial charge is 0.178 e. The first-order valence-electron chi connectivity index (χ1n) is 10.3. The Morgan fingerprint density at radius 2 is 2.10 bits per heavy atom. The van der Waals surface area contributed by atoms with Crippen molar-refractivity contribution in [2.24, 2.45) is 5.73 Å². The molecule has 30 heavy (non-hydrogen) atoms. The number of hydrogen-bond donors (Lipinski definition) is 2. The summed E-state index contributed by atoms with van der Waals surface area (Å²) < 4.78 is 2.94. The van der Waals surface area contributed by atoms with E-state index in [2.05, 4.69) is 74.0 Å². The van der Waals surface area contributed by atoms with Crippen molar-refractivity contribution in [3.8, 4) is 0 Å². The number of anilines is 1. The molecule has 0 atom stereocenters. The van der Waals surface area contributed by atoms with Crippen molar-refractivity contribution in [2.45, 2.75) is 45.7 Å². The maximum absolute atomic E-state index is 6.06. The highest BCUT2D eigenvalue weighted by molar-refractivity contribution is 9.10. The Morgan fingerprint density at radius 1 is 1.30 bits per heavy atom. The fourth-order valence-corrected chi connectivity index (χ4v) is 4.83. The minimum atomic E-state index is 0.224. The first-order chi connectivity index (χ1) is 14.4. The average molecular weight is 469 g/mol. The van der Waals surface area contributed by atoms with E-state index in [1.54, 1.807) is 0 Å². The van der Waals surface area contributed by atoms with Crippen LogP contribution >= 0.6 is 15.9 Å². The Kier molecular flexibility index (Phi) is 4.74. The lowest BCUT2D eigenvalue weighted by Gasteiger charge is -2.39. The van der Waals surface area contributed by atoms with Crippen LogP contribution in [0.4, 0.5) is 5.69 Å². The molecule has 8 nitrogen and oxygen atoms in total. The zero-order valence-corrected chi connectivity index (χ0v) is 18.9. The molecule has 0 radical (unpaired) electrons. The van der Waals surface area contributed by atoms with Crippen LogP contribution in [0.25, 0.3) is 22.2 Å². The van der Waals surface area contributed by atoms with Crippen LogP contribution < -0.4 is 10.6 Å². The first kappa shape index (κ1) is 19.4. The van der Waals surface area contributed by atoms with Gasteiger partial charge in [-0.15, -0.1) is 5.10 Å². The molecule has 1 aliphatic heterocycles. The number of aryl methyl sites for hydroxylation is 1. The zero-order chi connectivity index (χ0) is 21.0. The van der Waals surface area contributed by atoms with Crippen LogP contribution in [0.5, 0.6) is 0 Å². The molecule has 1 saturated heterocycles. The third kappa shape index (κ3) is 3.16. The van der Waals surface area contributed by atoms with Gasteiger partial charge in [-0.3, -0.25) is 0 Å². The first-order valence-corrected chi connectivity index (χ1v) is 11.1. The summed E-state index contributed by atoms with van der Waals surface area (Å²) in [6.45, 7) is 8.02. The molecule has 1 fully saturated rings. The second-order valence-corrected chi connectivity index (χ2v) is 9.08. The lowest BCUT2D eigenvalue weighted by Crippen LogP contribution is -2.56. The van der Waals surface area contributed by atoms with Gasteiger partial charge in [0, 0.05) is 47.6 Å². The van der Waals surface area contributed by atoms with Crippen LogP contribution in [0.15, 0.2) is 22.8 Å². The van der Waals surface area contributed by atoms with Gasteiger partial charge in [0.2, 0.25) is 0 Å². The van der Waals surface area contributed by atoms with E-state index in [1.165, 1.54) is 5.69 Å². The van der Waals surface area contributed by atoms with Gasteiger partial charge < -0.3 is 15.6 Å². The number of H-pyrrole nitrogens is 1. The number of nitrogens with two attached hydrogens (primary N) is 1. The minimum absolute atomic E-state index is 0.224. The van der Waals surface area contributed by atoms with E-state index in [0.717, 1.165) is 63.1 Å². The highest BCUT2D eigenvalue weighted by atomic mass is 79.9. The molecule has 3 N–H and O–H groups in total. The predicted octanol–water partition coefficient (Wildman–Crippen LogP) is 3.35. The van der Waals surface area contributed by atoms with Gasteiger partial charge in [-0.05, 0) is 53.9 Å². The molecule has 0 aliphatic carbocycles. The summed E-state index contributed by atoms with van der Waals surface area (Å²) in [4.78, 5) is 15.3. The van der Waals surface area contributed by atoms with Crippen LogP contribution in [0.2, 0.25) is 0 Å². The Labute approximate surface area is 183 Å². The van der Waals surface area contributed by atoms with Crippen LogP contribution in [0.3, 0.4) is 0 Å². The highest BCUT2D eigenvalue weighted by Crippen LogP contribution is 2.37. The molecular formula is C21H25BrN8. The van der Waals surface area contributed by atoms with Crippen molar-refractivity contribution in [1.82, 2.24) is 29.9 Å². The van der Waals surface area contributed by atoms with Gasteiger partial charge in [-0.2, -0.15) is 0 Å². The number of nitrogens with one attached hydrogen (secondary N) is 1. The van der Waals surface area contributed by atoms with Gasteiger partial charge >= 0.3 is 0 Å².